The van der Waals surface area contributed by atoms with Gasteiger partial charge in [-0.2, -0.15) is 5.26 Å². The second kappa shape index (κ2) is 10.2. The number of nitrogens with one attached hydrogen (secondary N) is 1. The molecule has 0 radical (unpaired) electrons. The van der Waals surface area contributed by atoms with E-state index in [9.17, 15) is 4.79 Å². The normalized spacial score (nSPS) is 24.4. The molecule has 0 bridgehead atoms. The van der Waals surface area contributed by atoms with Gasteiger partial charge in [0.15, 0.2) is 0 Å². The van der Waals surface area contributed by atoms with Crippen molar-refractivity contribution < 1.29 is 9.53 Å². The van der Waals surface area contributed by atoms with Crippen molar-refractivity contribution in [2.24, 2.45) is 5.92 Å². The van der Waals surface area contributed by atoms with Crippen molar-refractivity contribution in [2.75, 3.05) is 39.4 Å². The van der Waals surface area contributed by atoms with E-state index in [1.165, 1.54) is 0 Å². The van der Waals surface area contributed by atoms with E-state index in [4.69, 9.17) is 15.0 Å². The molecule has 3 aliphatic rings. The second-order valence-electron chi connectivity index (χ2n) is 10.6. The Hall–Kier alpha value is -2.96. The molecule has 6 rings (SSSR count). The van der Waals surface area contributed by atoms with Gasteiger partial charge in [-0.15, -0.1) is 0 Å². The summed E-state index contributed by atoms with van der Waals surface area (Å²) >= 11 is 0. The molecule has 5 heterocycles. The number of hydrogen-bond acceptors (Lipinski definition) is 6. The third kappa shape index (κ3) is 4.48. The fourth-order valence-electron chi connectivity index (χ4n) is 6.56. The van der Waals surface area contributed by atoms with Gasteiger partial charge in [-0.25, -0.2) is 9.97 Å². The van der Waals surface area contributed by atoms with Gasteiger partial charge in [-0.3, -0.25) is 9.69 Å². The number of ether oxygens (including phenoxy) is 1. The van der Waals surface area contributed by atoms with Crippen molar-refractivity contribution in [3.8, 4) is 6.07 Å². The number of rotatable bonds is 5. The van der Waals surface area contributed by atoms with E-state index in [1.807, 2.05) is 17.3 Å². The van der Waals surface area contributed by atoms with Gasteiger partial charge in [-0.05, 0) is 50.5 Å². The highest BCUT2D eigenvalue weighted by Gasteiger charge is 2.31. The molecule has 3 aromatic heterocycles. The first-order valence-electron chi connectivity index (χ1n) is 13.5. The SMILES string of the molecule is N#CCC1CCC(n2c(CC(=O)N3CCC(N4CCOCC4)CC3)nc3cnc4[nH]ccc4c32)CC1. The molecule has 9 nitrogen and oxygen atoms in total. The maximum absolute atomic E-state index is 13.5. The van der Waals surface area contributed by atoms with Gasteiger partial charge in [-0.1, -0.05) is 0 Å². The van der Waals surface area contributed by atoms with Crippen LogP contribution in [0.4, 0.5) is 0 Å². The zero-order valence-electron chi connectivity index (χ0n) is 20.9. The Morgan fingerprint density at radius 1 is 1.08 bits per heavy atom. The Morgan fingerprint density at radius 2 is 1.86 bits per heavy atom. The van der Waals surface area contributed by atoms with Gasteiger partial charge in [0.25, 0.3) is 0 Å². The van der Waals surface area contributed by atoms with Gasteiger partial charge >= 0.3 is 0 Å². The topological polar surface area (TPSA) is 103 Å². The first kappa shape index (κ1) is 23.4. The van der Waals surface area contributed by atoms with Crippen LogP contribution in [0.1, 0.15) is 56.8 Å². The summed E-state index contributed by atoms with van der Waals surface area (Å²) in [6.07, 6.45) is 10.9. The van der Waals surface area contributed by atoms with Crippen LogP contribution in [0.15, 0.2) is 18.5 Å². The average Bonchev–Trinajstić information content (AvgIpc) is 3.54. The van der Waals surface area contributed by atoms with Gasteiger partial charge in [0.1, 0.15) is 17.0 Å². The minimum absolute atomic E-state index is 0.170. The van der Waals surface area contributed by atoms with Gasteiger partial charge in [0.05, 0.1) is 37.4 Å². The van der Waals surface area contributed by atoms with Crippen LogP contribution < -0.4 is 0 Å². The van der Waals surface area contributed by atoms with Crippen molar-refractivity contribution in [1.29, 1.82) is 5.26 Å². The van der Waals surface area contributed by atoms with Crippen LogP contribution in [0.3, 0.4) is 0 Å². The molecular formula is C27H35N7O2. The van der Waals surface area contributed by atoms with E-state index in [2.05, 4.69) is 31.6 Å². The molecule has 0 unspecified atom stereocenters. The van der Waals surface area contributed by atoms with Crippen LogP contribution in [-0.2, 0) is 16.0 Å². The number of fused-ring (bicyclic) bond motifs is 3. The smallest absolute Gasteiger partial charge is 0.230 e. The highest BCUT2D eigenvalue weighted by Crippen LogP contribution is 2.38. The summed E-state index contributed by atoms with van der Waals surface area (Å²) in [5, 5.41) is 10.2. The first-order chi connectivity index (χ1) is 17.7. The molecule has 0 spiro atoms. The number of imidazole rings is 1. The molecule has 1 saturated carbocycles. The predicted molar refractivity (Wildman–Crippen MR) is 136 cm³/mol. The molecule has 9 heteroatoms. The Bertz CT molecular complexity index is 1250. The first-order valence-corrected chi connectivity index (χ1v) is 13.5. The third-order valence-corrected chi connectivity index (χ3v) is 8.56. The quantitative estimate of drug-likeness (QED) is 0.589. The number of aromatic nitrogens is 4. The number of pyridine rings is 1. The van der Waals surface area contributed by atoms with Crippen molar-refractivity contribution in [3.05, 3.63) is 24.3 Å². The van der Waals surface area contributed by atoms with Crippen LogP contribution in [0, 0.1) is 17.2 Å². The van der Waals surface area contributed by atoms with Gasteiger partial charge in [0.2, 0.25) is 5.91 Å². The molecule has 2 saturated heterocycles. The van der Waals surface area contributed by atoms with Crippen LogP contribution in [0.5, 0.6) is 0 Å². The van der Waals surface area contributed by atoms with Crippen molar-refractivity contribution in [1.82, 2.24) is 29.3 Å². The van der Waals surface area contributed by atoms with Crippen molar-refractivity contribution >= 4 is 28.0 Å². The summed E-state index contributed by atoms with van der Waals surface area (Å²) in [7, 11) is 0. The van der Waals surface area contributed by atoms with E-state index in [0.29, 0.717) is 30.8 Å². The lowest BCUT2D eigenvalue weighted by Gasteiger charge is -2.40. The summed E-state index contributed by atoms with van der Waals surface area (Å²) in [6.45, 7) is 5.25. The number of piperidine rings is 1. The molecule has 190 valence electrons. The molecule has 3 fully saturated rings. The minimum Gasteiger partial charge on any atom is -0.379 e. The van der Waals surface area contributed by atoms with Gasteiger partial charge < -0.3 is 19.2 Å². The van der Waals surface area contributed by atoms with Crippen molar-refractivity contribution in [3.63, 3.8) is 0 Å². The molecule has 0 atom stereocenters. The maximum Gasteiger partial charge on any atom is 0.230 e. The molecule has 2 aliphatic heterocycles. The Morgan fingerprint density at radius 3 is 2.61 bits per heavy atom. The number of hydrogen-bond donors (Lipinski definition) is 1. The molecule has 1 aliphatic carbocycles. The standard InChI is InChI=1S/C27H35N7O2/c28-9-5-19-1-3-21(4-2-19)34-24(31-23-18-30-27-22(26(23)34)6-10-29-27)17-25(35)33-11-7-20(8-12-33)32-13-15-36-16-14-32/h6,10,18-21H,1-5,7-8,11-17H2,(H,29,30). The molecule has 1 N–H and O–H groups in total. The fourth-order valence-corrected chi connectivity index (χ4v) is 6.56. The number of carbonyl (C=O) groups excluding carboxylic acids is 1. The van der Waals surface area contributed by atoms with Gasteiger partial charge in [0, 0.05) is 56.3 Å². The van der Waals surface area contributed by atoms with Crippen LogP contribution in [0.25, 0.3) is 22.1 Å². The minimum atomic E-state index is 0.170. The number of morpholine rings is 1. The lowest BCUT2D eigenvalue weighted by atomic mass is 9.84. The zero-order valence-corrected chi connectivity index (χ0v) is 20.9. The van der Waals surface area contributed by atoms with Crippen LogP contribution in [-0.4, -0.2) is 80.7 Å². The Labute approximate surface area is 211 Å². The highest BCUT2D eigenvalue weighted by atomic mass is 16.5. The lowest BCUT2D eigenvalue weighted by Crippen LogP contribution is -2.50. The lowest BCUT2D eigenvalue weighted by molar-refractivity contribution is -0.132. The predicted octanol–water partition coefficient (Wildman–Crippen LogP) is 3.42. The second-order valence-corrected chi connectivity index (χ2v) is 10.6. The Balaban J connectivity index is 1.22. The fraction of sp³-hybridized carbons (Fsp3) is 0.630. The zero-order chi connectivity index (χ0) is 24.5. The summed E-state index contributed by atoms with van der Waals surface area (Å²) in [5.74, 6) is 1.50. The highest BCUT2D eigenvalue weighted by molar-refractivity contribution is 6.01. The molecular weight excluding hydrogens is 454 g/mol. The third-order valence-electron chi connectivity index (χ3n) is 8.56. The Kier molecular flexibility index (Phi) is 6.63. The number of H-pyrrole nitrogens is 1. The maximum atomic E-state index is 13.5. The van der Waals surface area contributed by atoms with E-state index < -0.39 is 0 Å². The number of nitrogens with zero attached hydrogens (tertiary/aromatic N) is 6. The average molecular weight is 490 g/mol. The number of likely N-dealkylation sites (tertiary alicyclic amines) is 1. The number of carbonyl (C=O) groups is 1. The van der Waals surface area contributed by atoms with E-state index in [1.54, 1.807) is 0 Å². The summed E-state index contributed by atoms with van der Waals surface area (Å²) in [6, 6.07) is 5.25. The molecule has 3 aromatic rings. The summed E-state index contributed by atoms with van der Waals surface area (Å²) in [4.78, 5) is 30.8. The number of nitriles is 1. The number of amides is 1. The number of aromatic amines is 1. The van der Waals surface area contributed by atoms with Crippen LogP contribution in [0.2, 0.25) is 0 Å². The van der Waals surface area contributed by atoms with E-state index in [-0.39, 0.29) is 5.91 Å². The molecule has 36 heavy (non-hydrogen) atoms. The summed E-state index contributed by atoms with van der Waals surface area (Å²) in [5.41, 5.74) is 2.79. The monoisotopic (exact) mass is 489 g/mol. The van der Waals surface area contributed by atoms with Crippen LogP contribution >= 0.6 is 0 Å². The largest absolute Gasteiger partial charge is 0.379 e. The summed E-state index contributed by atoms with van der Waals surface area (Å²) < 4.78 is 7.85. The van der Waals surface area contributed by atoms with Crippen molar-refractivity contribution in [2.45, 2.75) is 63.5 Å². The van der Waals surface area contributed by atoms with E-state index >= 15 is 0 Å². The molecule has 1 amide bonds. The molecule has 0 aromatic carbocycles. The van der Waals surface area contributed by atoms with E-state index in [0.717, 1.165) is 106 Å².